The summed E-state index contributed by atoms with van der Waals surface area (Å²) >= 11 is 0. The van der Waals surface area contributed by atoms with Crippen LogP contribution in [-0.2, 0) is 25.7 Å². The average molecular weight is 544 g/mol. The Labute approximate surface area is 229 Å². The zero-order valence-electron chi connectivity index (χ0n) is 22.9. The first-order valence-corrected chi connectivity index (χ1v) is 14.1. The zero-order chi connectivity index (χ0) is 27.6. The second kappa shape index (κ2) is 11.8. The maximum atomic E-state index is 15.0. The molecule has 2 amide bonds. The second-order valence-corrected chi connectivity index (χ2v) is 11.2. The number of hydrogen-bond donors (Lipinski definition) is 0. The van der Waals surface area contributed by atoms with Crippen molar-refractivity contribution in [3.63, 3.8) is 0 Å². The highest BCUT2D eigenvalue weighted by Gasteiger charge is 2.47. The zero-order valence-corrected chi connectivity index (χ0v) is 22.9. The lowest BCUT2D eigenvalue weighted by Gasteiger charge is -2.39. The molecule has 2 saturated heterocycles. The quantitative estimate of drug-likeness (QED) is 0.540. The van der Waals surface area contributed by atoms with Crippen molar-refractivity contribution in [2.24, 2.45) is 0 Å². The van der Waals surface area contributed by atoms with Crippen molar-refractivity contribution in [2.45, 2.75) is 76.8 Å². The van der Waals surface area contributed by atoms with Crippen molar-refractivity contribution in [2.75, 3.05) is 39.3 Å². The van der Waals surface area contributed by atoms with Crippen LogP contribution in [0.2, 0.25) is 0 Å². The van der Waals surface area contributed by atoms with E-state index in [2.05, 4.69) is 0 Å². The highest BCUT2D eigenvalue weighted by atomic mass is 19.3. The number of hydrogen-bond acceptors (Lipinski definition) is 5. The molecule has 0 spiro atoms. The van der Waals surface area contributed by atoms with Crippen LogP contribution in [0.3, 0.4) is 0 Å². The van der Waals surface area contributed by atoms with Crippen LogP contribution in [0.5, 0.6) is 0 Å². The fraction of sp³-hybridized carbons (Fsp3) is 0.600. The van der Waals surface area contributed by atoms with E-state index >= 15 is 8.78 Å². The van der Waals surface area contributed by atoms with E-state index in [1.165, 1.54) is 4.90 Å². The van der Waals surface area contributed by atoms with Gasteiger partial charge in [0.25, 0.3) is 11.8 Å². The maximum Gasteiger partial charge on any atom is 0.290 e. The molecule has 0 saturated carbocycles. The molecule has 3 heterocycles. The Bertz CT molecular complexity index is 1110. The summed E-state index contributed by atoms with van der Waals surface area (Å²) in [4.78, 5) is 32.0. The molecule has 3 atom stereocenters. The monoisotopic (exact) mass is 543 g/mol. The third kappa shape index (κ3) is 6.35. The molecule has 2 fully saturated rings. The van der Waals surface area contributed by atoms with Crippen molar-refractivity contribution < 1.29 is 27.8 Å². The molecule has 0 bridgehead atoms. The van der Waals surface area contributed by atoms with Gasteiger partial charge in [0.15, 0.2) is 0 Å². The van der Waals surface area contributed by atoms with Crippen LogP contribution in [0.25, 0.3) is 0 Å². The van der Waals surface area contributed by atoms with Crippen LogP contribution < -0.4 is 0 Å². The number of likely N-dealkylation sites (tertiary alicyclic amines) is 1. The number of ether oxygens (including phenoxy) is 2. The molecule has 39 heavy (non-hydrogen) atoms. The number of amides is 2. The van der Waals surface area contributed by atoms with Gasteiger partial charge >= 0.3 is 0 Å². The van der Waals surface area contributed by atoms with E-state index in [1.807, 2.05) is 60.1 Å². The van der Waals surface area contributed by atoms with Crippen molar-refractivity contribution in [3.8, 4) is 0 Å². The van der Waals surface area contributed by atoms with E-state index < -0.39 is 18.6 Å². The lowest BCUT2D eigenvalue weighted by molar-refractivity contribution is -0.183. The highest BCUT2D eigenvalue weighted by Crippen LogP contribution is 2.37. The molecule has 212 valence electrons. The minimum Gasteiger partial charge on any atom is -0.372 e. The largest absolute Gasteiger partial charge is 0.372 e. The van der Waals surface area contributed by atoms with Gasteiger partial charge in [-0.05, 0) is 57.1 Å². The van der Waals surface area contributed by atoms with Crippen LogP contribution in [-0.4, -0.2) is 90.0 Å². The molecule has 1 unspecified atom stereocenters. The van der Waals surface area contributed by atoms with E-state index in [9.17, 15) is 9.59 Å². The summed E-state index contributed by atoms with van der Waals surface area (Å²) in [6, 6.07) is 9.27. The molecular formula is C30H39F2N3O4. The predicted octanol–water partition coefficient (Wildman–Crippen LogP) is 4.15. The van der Waals surface area contributed by atoms with E-state index in [0.29, 0.717) is 26.1 Å². The van der Waals surface area contributed by atoms with Crippen LogP contribution in [0, 0.1) is 0 Å². The number of alkyl halides is 2. The Morgan fingerprint density at radius 1 is 1.05 bits per heavy atom. The van der Waals surface area contributed by atoms with Gasteiger partial charge in [-0.15, -0.1) is 0 Å². The Morgan fingerprint density at radius 2 is 1.79 bits per heavy atom. The minimum absolute atomic E-state index is 0.0127. The van der Waals surface area contributed by atoms with Gasteiger partial charge in [0, 0.05) is 37.4 Å². The number of piperidine rings is 1. The first kappa shape index (κ1) is 27.8. The van der Waals surface area contributed by atoms with E-state index in [4.69, 9.17) is 9.47 Å². The van der Waals surface area contributed by atoms with Gasteiger partial charge in [-0.3, -0.25) is 9.59 Å². The number of benzene rings is 1. The van der Waals surface area contributed by atoms with Crippen molar-refractivity contribution in [3.05, 3.63) is 58.8 Å². The van der Waals surface area contributed by atoms with Crippen LogP contribution in [0.1, 0.15) is 51.5 Å². The smallest absolute Gasteiger partial charge is 0.290 e. The van der Waals surface area contributed by atoms with Gasteiger partial charge in [-0.25, -0.2) is 8.78 Å². The van der Waals surface area contributed by atoms with Gasteiger partial charge in [-0.1, -0.05) is 36.4 Å². The fourth-order valence-electron chi connectivity index (χ4n) is 6.27. The topological polar surface area (TPSA) is 62.3 Å². The summed E-state index contributed by atoms with van der Waals surface area (Å²) in [5.41, 5.74) is 3.61. The molecule has 3 aliphatic heterocycles. The Hall–Kier alpha value is -2.78. The number of carbonyl (C=O) groups is 2. The molecule has 9 heteroatoms. The summed E-state index contributed by atoms with van der Waals surface area (Å²) in [6.07, 6.45) is 3.97. The normalized spacial score (nSPS) is 27.2. The summed E-state index contributed by atoms with van der Waals surface area (Å²) in [7, 11) is 0. The maximum absolute atomic E-state index is 15.0. The molecule has 0 aromatic heterocycles. The molecule has 0 radical (unpaired) electrons. The SMILES string of the molecule is C[C@@H]1CN(C(=O)C2=CCCN(CC(=O)N3CCC(OCc4ccccc4)C(F)(F)C3)C3=C2CCC3)C[C@H](C)O1. The minimum atomic E-state index is -3.12. The molecule has 1 aromatic rings. The summed E-state index contributed by atoms with van der Waals surface area (Å²) in [5, 5.41) is 0. The number of morpholine rings is 1. The number of carbonyl (C=O) groups excluding carboxylic acids is 2. The van der Waals surface area contributed by atoms with Gasteiger partial charge in [0.1, 0.15) is 6.10 Å². The van der Waals surface area contributed by atoms with Crippen molar-refractivity contribution >= 4 is 11.8 Å². The third-order valence-electron chi connectivity index (χ3n) is 8.09. The summed E-state index contributed by atoms with van der Waals surface area (Å²) in [5.74, 6) is -3.40. The predicted molar refractivity (Wildman–Crippen MR) is 143 cm³/mol. The number of allylic oxidation sites excluding steroid dienone is 1. The van der Waals surface area contributed by atoms with Gasteiger partial charge in [0.05, 0.1) is 31.9 Å². The fourth-order valence-corrected chi connectivity index (χ4v) is 6.27. The first-order chi connectivity index (χ1) is 18.7. The Balaban J connectivity index is 1.21. The molecule has 4 aliphatic rings. The van der Waals surface area contributed by atoms with Gasteiger partial charge in [-0.2, -0.15) is 0 Å². The van der Waals surface area contributed by atoms with E-state index in [1.54, 1.807) is 0 Å². The molecule has 1 aromatic carbocycles. The Morgan fingerprint density at radius 3 is 2.51 bits per heavy atom. The van der Waals surface area contributed by atoms with Crippen LogP contribution in [0.15, 0.2) is 53.3 Å². The lowest BCUT2D eigenvalue weighted by Crippen LogP contribution is -2.55. The first-order valence-electron chi connectivity index (χ1n) is 14.1. The molecule has 7 nitrogen and oxygen atoms in total. The number of halogens is 2. The van der Waals surface area contributed by atoms with Crippen molar-refractivity contribution in [1.29, 1.82) is 0 Å². The van der Waals surface area contributed by atoms with Gasteiger partial charge < -0.3 is 24.2 Å². The van der Waals surface area contributed by atoms with Crippen molar-refractivity contribution in [1.82, 2.24) is 14.7 Å². The standard InChI is InChI=1S/C30H39F2N3O4/c1-21-16-35(17-22(2)39-21)29(37)25-11-7-14-33(26-12-6-10-24(25)26)18-28(36)34-15-13-27(30(31,32)20-34)38-19-23-8-4-3-5-9-23/h3-5,8-9,11,21-22,27H,6-7,10,12-20H2,1-2H3/t21-,22+,27?. The van der Waals surface area contributed by atoms with Crippen LogP contribution in [0.4, 0.5) is 8.78 Å². The third-order valence-corrected chi connectivity index (χ3v) is 8.09. The second-order valence-electron chi connectivity index (χ2n) is 11.2. The number of nitrogens with zero attached hydrogens (tertiary/aromatic N) is 3. The lowest BCUT2D eigenvalue weighted by atomic mass is 10.0. The molecule has 1 aliphatic carbocycles. The van der Waals surface area contributed by atoms with E-state index in [0.717, 1.165) is 41.7 Å². The Kier molecular flexibility index (Phi) is 8.38. The van der Waals surface area contributed by atoms with Gasteiger partial charge in [0.2, 0.25) is 5.91 Å². The van der Waals surface area contributed by atoms with E-state index in [-0.39, 0.29) is 50.1 Å². The van der Waals surface area contributed by atoms with Crippen LogP contribution >= 0.6 is 0 Å². The molecule has 0 N–H and O–H groups in total. The molecular weight excluding hydrogens is 504 g/mol. The summed E-state index contributed by atoms with van der Waals surface area (Å²) < 4.78 is 41.4. The molecule has 5 rings (SSSR count). The highest BCUT2D eigenvalue weighted by molar-refractivity contribution is 5.98. The summed E-state index contributed by atoms with van der Waals surface area (Å²) in [6.45, 7) is 5.43. The average Bonchev–Trinajstić information content (AvgIpc) is 3.32. The number of rotatable bonds is 6.